The molecule has 0 N–H and O–H groups in total. The Hall–Kier alpha value is -2.67. The highest BCUT2D eigenvalue weighted by atomic mass is 19.1. The van der Waals surface area contributed by atoms with Crippen molar-refractivity contribution < 1.29 is 23.1 Å². The Morgan fingerprint density at radius 2 is 1.85 bits per heavy atom. The Morgan fingerprint density at radius 1 is 1.12 bits per heavy atom. The van der Waals surface area contributed by atoms with Crippen molar-refractivity contribution in [1.29, 1.82) is 0 Å². The molecule has 6 nitrogen and oxygen atoms in total. The molecule has 0 radical (unpaired) electrons. The van der Waals surface area contributed by atoms with Crippen LogP contribution in [0.5, 0.6) is 0 Å². The second-order valence-corrected chi connectivity index (χ2v) is 6.23. The molecule has 138 valence electrons. The van der Waals surface area contributed by atoms with Crippen LogP contribution >= 0.6 is 0 Å². The van der Waals surface area contributed by atoms with Gasteiger partial charge in [-0.2, -0.15) is 0 Å². The molecule has 2 aromatic rings. The number of halogens is 1. The van der Waals surface area contributed by atoms with Crippen LogP contribution in [0.3, 0.4) is 0 Å². The zero-order valence-corrected chi connectivity index (χ0v) is 14.6. The van der Waals surface area contributed by atoms with Crippen LogP contribution in [0.1, 0.15) is 21.9 Å². The number of ether oxygens (including phenoxy) is 1. The lowest BCUT2D eigenvalue weighted by Crippen LogP contribution is -2.49. The number of amides is 1. The first-order valence-electron chi connectivity index (χ1n) is 8.50. The van der Waals surface area contributed by atoms with E-state index in [1.165, 1.54) is 12.1 Å². The minimum atomic E-state index is -0.648. The SMILES string of the molecule is Cc1ccc(C(=O)OCC(=O)N2CCN(Cc3ccccc3F)CC2)o1. The lowest BCUT2D eigenvalue weighted by Gasteiger charge is -2.34. The molecule has 0 bridgehead atoms. The van der Waals surface area contributed by atoms with Crippen LogP contribution in [0.2, 0.25) is 0 Å². The molecular weight excluding hydrogens is 339 g/mol. The smallest absolute Gasteiger partial charge is 0.374 e. The molecule has 1 aliphatic rings. The number of benzene rings is 1. The van der Waals surface area contributed by atoms with E-state index in [1.54, 1.807) is 30.0 Å². The maximum Gasteiger partial charge on any atom is 0.374 e. The zero-order chi connectivity index (χ0) is 18.5. The molecule has 1 fully saturated rings. The van der Waals surface area contributed by atoms with Crippen molar-refractivity contribution in [2.45, 2.75) is 13.5 Å². The highest BCUT2D eigenvalue weighted by Gasteiger charge is 2.23. The number of hydrogen-bond acceptors (Lipinski definition) is 5. The maximum atomic E-state index is 13.7. The third-order valence-electron chi connectivity index (χ3n) is 4.35. The topological polar surface area (TPSA) is 63.0 Å². The van der Waals surface area contributed by atoms with E-state index in [-0.39, 0.29) is 24.1 Å². The first-order chi connectivity index (χ1) is 12.5. The summed E-state index contributed by atoms with van der Waals surface area (Å²) in [5.74, 6) is -0.415. The minimum Gasteiger partial charge on any atom is -0.454 e. The number of esters is 1. The van der Waals surface area contributed by atoms with Crippen molar-refractivity contribution in [2.75, 3.05) is 32.8 Å². The summed E-state index contributed by atoms with van der Waals surface area (Å²) in [6.45, 7) is 4.25. The Bertz CT molecular complexity index is 781. The summed E-state index contributed by atoms with van der Waals surface area (Å²) in [5.41, 5.74) is 0.648. The Morgan fingerprint density at radius 3 is 2.50 bits per heavy atom. The van der Waals surface area contributed by atoms with Gasteiger partial charge in [0.25, 0.3) is 5.91 Å². The number of carbonyl (C=O) groups is 2. The molecule has 0 saturated carbocycles. The molecule has 0 unspecified atom stereocenters. The molecule has 3 rings (SSSR count). The zero-order valence-electron chi connectivity index (χ0n) is 14.6. The molecule has 2 heterocycles. The van der Waals surface area contributed by atoms with Crippen molar-refractivity contribution in [3.05, 3.63) is 59.3 Å². The molecule has 1 amide bonds. The summed E-state index contributed by atoms with van der Waals surface area (Å²) in [6, 6.07) is 9.87. The molecule has 26 heavy (non-hydrogen) atoms. The van der Waals surface area contributed by atoms with Crippen molar-refractivity contribution in [3.8, 4) is 0 Å². The maximum absolute atomic E-state index is 13.7. The number of piperazine rings is 1. The van der Waals surface area contributed by atoms with E-state index in [9.17, 15) is 14.0 Å². The van der Waals surface area contributed by atoms with Gasteiger partial charge in [-0.15, -0.1) is 0 Å². The lowest BCUT2D eigenvalue weighted by atomic mass is 10.2. The fourth-order valence-electron chi connectivity index (χ4n) is 2.86. The van der Waals surface area contributed by atoms with E-state index < -0.39 is 5.97 Å². The molecule has 1 saturated heterocycles. The summed E-state index contributed by atoms with van der Waals surface area (Å²) in [5, 5.41) is 0. The first kappa shape index (κ1) is 18.1. The number of carbonyl (C=O) groups excluding carboxylic acids is 2. The van der Waals surface area contributed by atoms with Crippen molar-refractivity contribution in [3.63, 3.8) is 0 Å². The fourth-order valence-corrected chi connectivity index (χ4v) is 2.86. The Balaban J connectivity index is 1.43. The van der Waals surface area contributed by atoms with Gasteiger partial charge in [0.15, 0.2) is 6.61 Å². The number of hydrogen-bond donors (Lipinski definition) is 0. The summed E-state index contributed by atoms with van der Waals surface area (Å²) in [6.07, 6.45) is 0. The molecule has 0 atom stereocenters. The monoisotopic (exact) mass is 360 g/mol. The van der Waals surface area contributed by atoms with Gasteiger partial charge in [-0.1, -0.05) is 18.2 Å². The van der Waals surface area contributed by atoms with Crippen LogP contribution in [0, 0.1) is 12.7 Å². The van der Waals surface area contributed by atoms with Gasteiger partial charge in [0.05, 0.1) is 0 Å². The van der Waals surface area contributed by atoms with Gasteiger partial charge in [-0.05, 0) is 25.1 Å². The van der Waals surface area contributed by atoms with Crippen molar-refractivity contribution in [1.82, 2.24) is 9.80 Å². The second-order valence-electron chi connectivity index (χ2n) is 6.23. The molecule has 1 aliphatic heterocycles. The highest BCUT2D eigenvalue weighted by Crippen LogP contribution is 2.12. The number of nitrogens with zero attached hydrogens (tertiary/aromatic N) is 2. The van der Waals surface area contributed by atoms with Gasteiger partial charge in [-0.25, -0.2) is 9.18 Å². The fraction of sp³-hybridized carbons (Fsp3) is 0.368. The number of rotatable bonds is 5. The average molecular weight is 360 g/mol. The molecule has 0 spiro atoms. The van der Waals surface area contributed by atoms with Gasteiger partial charge in [0.2, 0.25) is 5.76 Å². The van der Waals surface area contributed by atoms with E-state index in [4.69, 9.17) is 9.15 Å². The molecule has 0 aliphatic carbocycles. The predicted molar refractivity (Wildman–Crippen MR) is 92.0 cm³/mol. The lowest BCUT2D eigenvalue weighted by molar-refractivity contribution is -0.136. The van der Waals surface area contributed by atoms with Gasteiger partial charge >= 0.3 is 5.97 Å². The molecule has 1 aromatic carbocycles. The average Bonchev–Trinajstić information content (AvgIpc) is 3.08. The quantitative estimate of drug-likeness (QED) is 0.765. The predicted octanol–water partition coefficient (Wildman–Crippen LogP) is 2.23. The third kappa shape index (κ3) is 4.49. The van der Waals surface area contributed by atoms with Crippen molar-refractivity contribution in [2.24, 2.45) is 0 Å². The largest absolute Gasteiger partial charge is 0.454 e. The molecular formula is C19H21FN2O4. The van der Waals surface area contributed by atoms with Crippen LogP contribution in [-0.4, -0.2) is 54.5 Å². The first-order valence-corrected chi connectivity index (χ1v) is 8.50. The summed E-state index contributed by atoms with van der Waals surface area (Å²) in [4.78, 5) is 27.7. The minimum absolute atomic E-state index is 0.0880. The van der Waals surface area contributed by atoms with Crippen LogP contribution in [-0.2, 0) is 16.1 Å². The van der Waals surface area contributed by atoms with Crippen LogP contribution in [0.15, 0.2) is 40.8 Å². The molecule has 1 aromatic heterocycles. The summed E-state index contributed by atoms with van der Waals surface area (Å²) in [7, 11) is 0. The Labute approximate surface area is 151 Å². The summed E-state index contributed by atoms with van der Waals surface area (Å²) >= 11 is 0. The normalized spacial score (nSPS) is 15.1. The van der Waals surface area contributed by atoms with Gasteiger partial charge < -0.3 is 14.1 Å². The van der Waals surface area contributed by atoms with E-state index in [0.29, 0.717) is 44.0 Å². The van der Waals surface area contributed by atoms with Gasteiger partial charge in [0.1, 0.15) is 11.6 Å². The van der Waals surface area contributed by atoms with E-state index >= 15 is 0 Å². The van der Waals surface area contributed by atoms with Crippen LogP contribution < -0.4 is 0 Å². The van der Waals surface area contributed by atoms with Crippen LogP contribution in [0.25, 0.3) is 0 Å². The highest BCUT2D eigenvalue weighted by molar-refractivity contribution is 5.88. The standard InChI is InChI=1S/C19H21FN2O4/c1-14-6-7-17(26-14)19(24)25-13-18(23)22-10-8-21(9-11-22)12-15-4-2-3-5-16(15)20/h2-7H,8-13H2,1H3. The van der Waals surface area contributed by atoms with E-state index in [2.05, 4.69) is 4.90 Å². The third-order valence-corrected chi connectivity index (χ3v) is 4.35. The van der Waals surface area contributed by atoms with E-state index in [1.807, 2.05) is 6.07 Å². The number of furan rings is 1. The van der Waals surface area contributed by atoms with Crippen LogP contribution in [0.4, 0.5) is 4.39 Å². The van der Waals surface area contributed by atoms with Crippen molar-refractivity contribution >= 4 is 11.9 Å². The summed E-state index contributed by atoms with van der Waals surface area (Å²) < 4.78 is 23.9. The number of aryl methyl sites for hydroxylation is 1. The van der Waals surface area contributed by atoms with E-state index in [0.717, 1.165) is 0 Å². The van der Waals surface area contributed by atoms with Gasteiger partial charge in [-0.3, -0.25) is 9.69 Å². The van der Waals surface area contributed by atoms with Gasteiger partial charge in [0, 0.05) is 38.3 Å². The Kier molecular flexibility index (Phi) is 5.68. The second kappa shape index (κ2) is 8.14. The molecule has 7 heteroatoms.